The third-order valence-corrected chi connectivity index (χ3v) is 3.82. The van der Waals surface area contributed by atoms with E-state index in [9.17, 15) is 4.79 Å². The van der Waals surface area contributed by atoms with Gasteiger partial charge in [-0.05, 0) is 24.7 Å². The van der Waals surface area contributed by atoms with Crippen molar-refractivity contribution in [2.24, 2.45) is 17.8 Å². The van der Waals surface area contributed by atoms with Gasteiger partial charge in [0.1, 0.15) is 0 Å². The summed E-state index contributed by atoms with van der Waals surface area (Å²) in [5.41, 5.74) is 0. The highest BCUT2D eigenvalue weighted by molar-refractivity contribution is 7.10. The van der Waals surface area contributed by atoms with E-state index in [1.54, 1.807) is 0 Å². The molecule has 3 nitrogen and oxygen atoms in total. The highest BCUT2D eigenvalue weighted by atomic mass is 31.0. The van der Waals surface area contributed by atoms with E-state index in [0.717, 1.165) is 0 Å². The predicted molar refractivity (Wildman–Crippen MR) is 57.6 cm³/mol. The van der Waals surface area contributed by atoms with E-state index in [0.29, 0.717) is 11.8 Å². The average Bonchev–Trinajstić information content (AvgIpc) is 2.19. The first-order valence-corrected chi connectivity index (χ1v) is 5.52. The van der Waals surface area contributed by atoms with E-state index in [4.69, 9.17) is 4.74 Å². The SMILES string of the molecule is CC1C(C)[C@H](C)[C@H](C(=O)OP)O[C@H]1C. The van der Waals surface area contributed by atoms with Crippen LogP contribution < -0.4 is 0 Å². The van der Waals surface area contributed by atoms with Crippen molar-refractivity contribution in [3.05, 3.63) is 0 Å². The largest absolute Gasteiger partial charge is 0.450 e. The molecule has 1 heterocycles. The lowest BCUT2D eigenvalue weighted by atomic mass is 9.77. The van der Waals surface area contributed by atoms with Crippen molar-refractivity contribution in [2.75, 3.05) is 0 Å². The molecule has 0 saturated carbocycles. The maximum atomic E-state index is 11.4. The third-order valence-electron chi connectivity index (χ3n) is 3.59. The second kappa shape index (κ2) is 4.59. The molecule has 0 aromatic rings. The lowest BCUT2D eigenvalue weighted by Gasteiger charge is -2.41. The Morgan fingerprint density at radius 1 is 1.14 bits per heavy atom. The maximum absolute atomic E-state index is 11.4. The summed E-state index contributed by atoms with van der Waals surface area (Å²) in [6.07, 6.45) is -0.288. The summed E-state index contributed by atoms with van der Waals surface area (Å²) >= 11 is 0. The molecule has 0 aromatic heterocycles. The van der Waals surface area contributed by atoms with Gasteiger partial charge in [0.2, 0.25) is 0 Å². The zero-order valence-corrected chi connectivity index (χ0v) is 10.3. The van der Waals surface area contributed by atoms with Gasteiger partial charge < -0.3 is 9.26 Å². The van der Waals surface area contributed by atoms with Crippen LogP contribution in [0.2, 0.25) is 0 Å². The molecule has 1 aliphatic heterocycles. The minimum atomic E-state index is -0.409. The van der Waals surface area contributed by atoms with Gasteiger partial charge in [0.15, 0.2) is 6.10 Å². The van der Waals surface area contributed by atoms with Crippen molar-refractivity contribution in [1.82, 2.24) is 0 Å². The van der Waals surface area contributed by atoms with E-state index in [1.807, 2.05) is 23.3 Å². The van der Waals surface area contributed by atoms with Crippen LogP contribution >= 0.6 is 9.47 Å². The topological polar surface area (TPSA) is 35.5 Å². The molecule has 4 heteroatoms. The van der Waals surface area contributed by atoms with Crippen LogP contribution in [0.3, 0.4) is 0 Å². The first-order chi connectivity index (χ1) is 6.49. The molecule has 82 valence electrons. The van der Waals surface area contributed by atoms with Gasteiger partial charge >= 0.3 is 5.97 Å². The Bertz CT molecular complexity index is 219. The fourth-order valence-electron chi connectivity index (χ4n) is 2.00. The Morgan fingerprint density at radius 2 is 1.71 bits per heavy atom. The summed E-state index contributed by atoms with van der Waals surface area (Å²) in [6, 6.07) is 0. The average molecular weight is 218 g/mol. The summed E-state index contributed by atoms with van der Waals surface area (Å²) in [7, 11) is 1.98. The quantitative estimate of drug-likeness (QED) is 0.631. The molecule has 0 aliphatic carbocycles. The van der Waals surface area contributed by atoms with Crippen molar-refractivity contribution in [3.63, 3.8) is 0 Å². The zero-order chi connectivity index (χ0) is 10.9. The van der Waals surface area contributed by atoms with Crippen LogP contribution in [-0.4, -0.2) is 18.2 Å². The molecule has 1 rings (SSSR count). The maximum Gasteiger partial charge on any atom is 0.337 e. The Kier molecular flexibility index (Phi) is 3.91. The minimum Gasteiger partial charge on any atom is -0.450 e. The predicted octanol–water partition coefficient (Wildman–Crippen LogP) is 2.02. The first-order valence-electron chi connectivity index (χ1n) is 5.05. The second-order valence-corrected chi connectivity index (χ2v) is 4.51. The van der Waals surface area contributed by atoms with Gasteiger partial charge in [-0.1, -0.05) is 20.8 Å². The molecular formula is C10H19O3P. The van der Waals surface area contributed by atoms with Gasteiger partial charge in [-0.3, -0.25) is 0 Å². The lowest BCUT2D eigenvalue weighted by molar-refractivity contribution is -0.172. The van der Waals surface area contributed by atoms with Crippen molar-refractivity contribution in [2.45, 2.75) is 39.9 Å². The monoisotopic (exact) mass is 218 g/mol. The van der Waals surface area contributed by atoms with Crippen LogP contribution in [0.4, 0.5) is 0 Å². The first kappa shape index (κ1) is 11.9. The van der Waals surface area contributed by atoms with Crippen LogP contribution in [0.15, 0.2) is 0 Å². The molecule has 1 aliphatic rings. The Balaban J connectivity index is 2.75. The van der Waals surface area contributed by atoms with Gasteiger partial charge in [-0.2, -0.15) is 0 Å². The normalized spacial score (nSPS) is 43.4. The molecule has 0 spiro atoms. The Labute approximate surface area is 87.8 Å². The van der Waals surface area contributed by atoms with E-state index in [1.165, 1.54) is 0 Å². The van der Waals surface area contributed by atoms with Gasteiger partial charge in [-0.15, -0.1) is 0 Å². The zero-order valence-electron chi connectivity index (χ0n) is 9.19. The molecule has 0 radical (unpaired) electrons. The smallest absolute Gasteiger partial charge is 0.337 e. The summed E-state index contributed by atoms with van der Waals surface area (Å²) in [6.45, 7) is 8.38. The third kappa shape index (κ3) is 2.09. The van der Waals surface area contributed by atoms with Crippen LogP contribution in [-0.2, 0) is 14.1 Å². The molecule has 0 bridgehead atoms. The van der Waals surface area contributed by atoms with Crippen molar-refractivity contribution in [1.29, 1.82) is 0 Å². The standard InChI is InChI=1S/C10H19O3P/c1-5-6(2)8(4)12-9(7(5)3)10(11)13-14/h5-9H,14H2,1-4H3/t5?,6?,7-,8-,9+/m0/s1. The number of hydrogen-bond acceptors (Lipinski definition) is 3. The Morgan fingerprint density at radius 3 is 2.21 bits per heavy atom. The van der Waals surface area contributed by atoms with Gasteiger partial charge in [0.05, 0.1) is 15.6 Å². The molecule has 0 N–H and O–H groups in total. The van der Waals surface area contributed by atoms with E-state index >= 15 is 0 Å². The highest BCUT2D eigenvalue weighted by Crippen LogP contribution is 2.35. The molecule has 14 heavy (non-hydrogen) atoms. The number of carbonyl (C=O) groups is 1. The molecule has 1 fully saturated rings. The summed E-state index contributed by atoms with van der Waals surface area (Å²) in [5.74, 6) is 0.897. The van der Waals surface area contributed by atoms with Crippen molar-refractivity contribution >= 4 is 15.4 Å². The molecule has 0 amide bonds. The fourth-order valence-corrected chi connectivity index (χ4v) is 2.13. The van der Waals surface area contributed by atoms with Gasteiger partial charge in [-0.25, -0.2) is 4.79 Å². The summed E-state index contributed by atoms with van der Waals surface area (Å²) < 4.78 is 10.3. The van der Waals surface area contributed by atoms with Crippen LogP contribution in [0.25, 0.3) is 0 Å². The molecule has 0 aromatic carbocycles. The van der Waals surface area contributed by atoms with Gasteiger partial charge in [0, 0.05) is 0 Å². The van der Waals surface area contributed by atoms with Crippen LogP contribution in [0.1, 0.15) is 27.7 Å². The van der Waals surface area contributed by atoms with E-state index in [-0.39, 0.29) is 18.0 Å². The number of hydrogen-bond donors (Lipinski definition) is 0. The van der Waals surface area contributed by atoms with Crippen molar-refractivity contribution in [3.8, 4) is 0 Å². The van der Waals surface area contributed by atoms with Crippen LogP contribution in [0, 0.1) is 17.8 Å². The highest BCUT2D eigenvalue weighted by Gasteiger charge is 2.41. The molecule has 6 atom stereocenters. The molecular weight excluding hydrogens is 199 g/mol. The summed E-state index contributed by atoms with van der Waals surface area (Å²) in [4.78, 5) is 11.4. The lowest BCUT2D eigenvalue weighted by Crippen LogP contribution is -2.47. The molecule has 1 saturated heterocycles. The van der Waals surface area contributed by atoms with Crippen molar-refractivity contribution < 1.29 is 14.1 Å². The van der Waals surface area contributed by atoms with Crippen LogP contribution in [0.5, 0.6) is 0 Å². The molecule has 3 unspecified atom stereocenters. The second-order valence-electron chi connectivity index (χ2n) is 4.28. The number of carbonyl (C=O) groups excluding carboxylic acids is 1. The Hall–Kier alpha value is -0.140. The summed E-state index contributed by atoms with van der Waals surface area (Å²) in [5, 5.41) is 0. The number of rotatable bonds is 1. The fraction of sp³-hybridized carbons (Fsp3) is 0.900. The number of ether oxygens (including phenoxy) is 1. The van der Waals surface area contributed by atoms with Gasteiger partial charge in [0.25, 0.3) is 0 Å². The van der Waals surface area contributed by atoms with E-state index in [2.05, 4.69) is 18.4 Å². The minimum absolute atomic E-state index is 0.121. The van der Waals surface area contributed by atoms with E-state index < -0.39 is 6.10 Å².